The maximum Gasteiger partial charge on any atom is 0.0998 e. The number of nitrogens with one attached hydrogen (secondary N) is 2. The predicted octanol–water partition coefficient (Wildman–Crippen LogP) is 1.92. The second kappa shape index (κ2) is 4.83. The quantitative estimate of drug-likeness (QED) is 0.751. The third kappa shape index (κ3) is 2.12. The molecule has 0 radical (unpaired) electrons. The van der Waals surface area contributed by atoms with Gasteiger partial charge >= 0.3 is 0 Å². The van der Waals surface area contributed by atoms with Crippen molar-refractivity contribution in [3.05, 3.63) is 41.2 Å². The minimum atomic E-state index is 0.143. The largest absolute Gasteiger partial charge is 0.311 e. The Morgan fingerprint density at radius 3 is 3.00 bits per heavy atom. The number of likely N-dealkylation sites (N-methyl/N-ethyl adjacent to an activating group) is 1. The Kier molecular flexibility index (Phi) is 3.04. The minimum Gasteiger partial charge on any atom is -0.311 e. The van der Waals surface area contributed by atoms with Crippen molar-refractivity contribution in [3.63, 3.8) is 0 Å². The van der Waals surface area contributed by atoms with Crippen LogP contribution in [0, 0.1) is 0 Å². The van der Waals surface area contributed by atoms with Crippen molar-refractivity contribution in [2.45, 2.75) is 12.5 Å². The maximum absolute atomic E-state index is 4.63. The van der Waals surface area contributed by atoms with Crippen LogP contribution in [0.2, 0.25) is 0 Å². The summed E-state index contributed by atoms with van der Waals surface area (Å²) < 4.78 is 1.22. The number of fused-ring (bicyclic) bond motifs is 1. The van der Waals surface area contributed by atoms with E-state index < -0.39 is 0 Å². The van der Waals surface area contributed by atoms with Crippen LogP contribution in [0.25, 0.3) is 10.2 Å². The molecule has 0 bridgehead atoms. The van der Waals surface area contributed by atoms with E-state index >= 15 is 0 Å². The zero-order valence-corrected chi connectivity index (χ0v) is 10.7. The average Bonchev–Trinajstić information content (AvgIpc) is 3.04. The van der Waals surface area contributed by atoms with Crippen LogP contribution < -0.4 is 5.32 Å². The molecule has 2 N–H and O–H groups in total. The van der Waals surface area contributed by atoms with Crippen LogP contribution in [0.5, 0.6) is 0 Å². The number of hydrogen-bond donors (Lipinski definition) is 2. The fourth-order valence-corrected chi connectivity index (χ4v) is 2.93. The molecule has 3 rings (SSSR count). The Balaban J connectivity index is 1.86. The Labute approximate surface area is 108 Å². The number of hydrogen-bond acceptors (Lipinski definition) is 5. The summed E-state index contributed by atoms with van der Waals surface area (Å²) in [4.78, 5) is 4.63. The zero-order chi connectivity index (χ0) is 12.4. The third-order valence-electron chi connectivity index (χ3n) is 2.86. The van der Waals surface area contributed by atoms with Gasteiger partial charge in [0.1, 0.15) is 0 Å². The van der Waals surface area contributed by atoms with Crippen LogP contribution in [0.15, 0.2) is 30.5 Å². The molecule has 2 aromatic heterocycles. The van der Waals surface area contributed by atoms with Crippen molar-refractivity contribution in [3.8, 4) is 0 Å². The van der Waals surface area contributed by atoms with E-state index in [2.05, 4.69) is 31.8 Å². The van der Waals surface area contributed by atoms with Crippen molar-refractivity contribution in [2.75, 3.05) is 7.05 Å². The molecule has 6 heteroatoms. The fourth-order valence-electron chi connectivity index (χ4n) is 1.91. The van der Waals surface area contributed by atoms with Crippen molar-refractivity contribution in [1.29, 1.82) is 0 Å². The molecule has 92 valence electrons. The van der Waals surface area contributed by atoms with Gasteiger partial charge in [-0.3, -0.25) is 0 Å². The molecule has 0 spiro atoms. The molecule has 0 aliphatic heterocycles. The van der Waals surface area contributed by atoms with Gasteiger partial charge in [0.05, 0.1) is 33.2 Å². The van der Waals surface area contributed by atoms with Gasteiger partial charge in [-0.1, -0.05) is 12.1 Å². The molecule has 1 unspecified atom stereocenters. The lowest BCUT2D eigenvalue weighted by Crippen LogP contribution is -2.19. The zero-order valence-electron chi connectivity index (χ0n) is 9.92. The molecule has 0 aliphatic carbocycles. The van der Waals surface area contributed by atoms with Crippen LogP contribution in [0.3, 0.4) is 0 Å². The summed E-state index contributed by atoms with van der Waals surface area (Å²) in [6, 6.07) is 8.33. The van der Waals surface area contributed by atoms with Gasteiger partial charge in [0.25, 0.3) is 0 Å². The first-order valence-corrected chi connectivity index (χ1v) is 6.56. The number of rotatable bonds is 4. The van der Waals surface area contributed by atoms with Gasteiger partial charge in [0.2, 0.25) is 0 Å². The lowest BCUT2D eigenvalue weighted by Gasteiger charge is -2.10. The summed E-state index contributed by atoms with van der Waals surface area (Å²) in [5.41, 5.74) is 1.98. The summed E-state index contributed by atoms with van der Waals surface area (Å²) >= 11 is 1.73. The van der Waals surface area contributed by atoms with E-state index in [0.29, 0.717) is 0 Å². The van der Waals surface area contributed by atoms with E-state index in [9.17, 15) is 0 Å². The summed E-state index contributed by atoms with van der Waals surface area (Å²) in [7, 11) is 1.92. The van der Waals surface area contributed by atoms with E-state index in [1.807, 2.05) is 25.2 Å². The lowest BCUT2D eigenvalue weighted by molar-refractivity contribution is 0.573. The topological polar surface area (TPSA) is 66.5 Å². The van der Waals surface area contributed by atoms with E-state index in [-0.39, 0.29) is 6.04 Å². The highest BCUT2D eigenvalue weighted by atomic mass is 32.1. The van der Waals surface area contributed by atoms with E-state index in [0.717, 1.165) is 22.6 Å². The standard InChI is InChI=1S/C12H13N5S/c1-13-9(10-7-14-17-16-10)6-12-15-8-4-2-3-5-11(8)18-12/h2-5,7,9,13H,6H2,1H3,(H,14,16,17). The van der Waals surface area contributed by atoms with Crippen LogP contribution in [0.1, 0.15) is 16.7 Å². The number of H-pyrrole nitrogens is 1. The van der Waals surface area contributed by atoms with Crippen molar-refractivity contribution in [2.24, 2.45) is 0 Å². The Morgan fingerprint density at radius 2 is 2.28 bits per heavy atom. The molecule has 1 aromatic carbocycles. The fraction of sp³-hybridized carbons (Fsp3) is 0.250. The van der Waals surface area contributed by atoms with E-state index in [1.54, 1.807) is 17.5 Å². The second-order valence-electron chi connectivity index (χ2n) is 4.02. The smallest absolute Gasteiger partial charge is 0.0998 e. The number of thiazole rings is 1. The van der Waals surface area contributed by atoms with Crippen LogP contribution in [0.4, 0.5) is 0 Å². The van der Waals surface area contributed by atoms with Gasteiger partial charge < -0.3 is 5.32 Å². The Morgan fingerprint density at radius 1 is 1.39 bits per heavy atom. The first kappa shape index (κ1) is 11.3. The number of para-hydroxylation sites is 1. The van der Waals surface area contributed by atoms with Gasteiger partial charge in [0.15, 0.2) is 0 Å². The molecule has 0 saturated carbocycles. The lowest BCUT2D eigenvalue weighted by atomic mass is 10.1. The van der Waals surface area contributed by atoms with E-state index in [4.69, 9.17) is 0 Å². The van der Waals surface area contributed by atoms with E-state index in [1.165, 1.54) is 4.70 Å². The highest BCUT2D eigenvalue weighted by molar-refractivity contribution is 7.18. The number of aromatic amines is 1. The molecule has 1 atom stereocenters. The molecule has 3 aromatic rings. The molecule has 0 saturated heterocycles. The summed E-state index contributed by atoms with van der Waals surface area (Å²) in [5.74, 6) is 0. The highest BCUT2D eigenvalue weighted by Crippen LogP contribution is 2.25. The minimum absolute atomic E-state index is 0.143. The first-order valence-electron chi connectivity index (χ1n) is 5.74. The number of nitrogens with zero attached hydrogens (tertiary/aromatic N) is 3. The molecule has 0 aliphatic rings. The average molecular weight is 259 g/mol. The monoisotopic (exact) mass is 259 g/mol. The van der Waals surface area contributed by atoms with Gasteiger partial charge in [-0.2, -0.15) is 15.4 Å². The summed E-state index contributed by atoms with van der Waals surface area (Å²) in [6.45, 7) is 0. The Hall–Kier alpha value is -1.79. The summed E-state index contributed by atoms with van der Waals surface area (Å²) in [5, 5.41) is 14.9. The normalized spacial score (nSPS) is 12.9. The van der Waals surface area contributed by atoms with Crippen LogP contribution in [-0.4, -0.2) is 27.4 Å². The van der Waals surface area contributed by atoms with Gasteiger partial charge in [-0.05, 0) is 19.2 Å². The summed E-state index contributed by atoms with van der Waals surface area (Å²) in [6.07, 6.45) is 2.57. The van der Waals surface area contributed by atoms with Crippen molar-refractivity contribution < 1.29 is 0 Å². The van der Waals surface area contributed by atoms with Crippen LogP contribution >= 0.6 is 11.3 Å². The molecule has 5 nitrogen and oxygen atoms in total. The number of aromatic nitrogens is 4. The Bertz CT molecular complexity index is 598. The molecular formula is C12H13N5S. The third-order valence-corrected chi connectivity index (χ3v) is 3.91. The SMILES string of the molecule is CNC(Cc1nc2ccccc2s1)c1cn[nH]n1. The van der Waals surface area contributed by atoms with Crippen LogP contribution in [-0.2, 0) is 6.42 Å². The highest BCUT2D eigenvalue weighted by Gasteiger charge is 2.15. The maximum atomic E-state index is 4.63. The molecular weight excluding hydrogens is 246 g/mol. The van der Waals surface area contributed by atoms with Gasteiger partial charge in [-0.15, -0.1) is 11.3 Å². The van der Waals surface area contributed by atoms with Gasteiger partial charge in [-0.25, -0.2) is 4.98 Å². The molecule has 0 amide bonds. The van der Waals surface area contributed by atoms with Crippen molar-refractivity contribution >= 4 is 21.6 Å². The molecule has 2 heterocycles. The first-order chi connectivity index (χ1) is 8.86. The van der Waals surface area contributed by atoms with Gasteiger partial charge in [0, 0.05) is 6.42 Å². The second-order valence-corrected chi connectivity index (χ2v) is 5.13. The predicted molar refractivity (Wildman–Crippen MR) is 71.5 cm³/mol. The molecule has 0 fully saturated rings. The molecule has 18 heavy (non-hydrogen) atoms. The van der Waals surface area contributed by atoms with Crippen molar-refractivity contribution in [1.82, 2.24) is 25.7 Å². The number of benzene rings is 1.